The number of piperidine rings is 1. The number of carbonyl (C=O) groups is 1. The monoisotopic (exact) mass is 333 g/mol. The Morgan fingerprint density at radius 2 is 2.00 bits per heavy atom. The van der Waals surface area contributed by atoms with Gasteiger partial charge in [-0.3, -0.25) is 0 Å². The molecule has 0 unspecified atom stereocenters. The molecule has 2 aliphatic heterocycles. The molecule has 2 aromatic heterocycles. The smallest absolute Gasteiger partial charge is 0.404 e. The van der Waals surface area contributed by atoms with Crippen molar-refractivity contribution in [2.24, 2.45) is 0 Å². The lowest BCUT2D eigenvalue weighted by Gasteiger charge is -2.39. The van der Waals surface area contributed by atoms with E-state index < -0.39 is 6.09 Å². The molecule has 0 aromatic carbocycles. The minimum Gasteiger partial charge on any atom is -0.465 e. The molecule has 4 rings (SSSR count). The molecule has 120 valence electrons. The second kappa shape index (κ2) is 5.49. The third kappa shape index (κ3) is 2.65. The van der Waals surface area contributed by atoms with Gasteiger partial charge in [-0.05, 0) is 37.8 Å². The maximum Gasteiger partial charge on any atom is 0.404 e. The standard InChI is InChI=1S/C15H16ClN5O2/c16-12-4-3-11-14(20-12)17-7-13(19-11)21-9-1-2-10(21)6-8(5-9)18-15(22)23/h3-4,7-10,18H,1-2,5-6H2,(H,22,23)/t8-,9-,10+. The van der Waals surface area contributed by atoms with E-state index in [0.29, 0.717) is 22.9 Å². The zero-order chi connectivity index (χ0) is 16.0. The van der Waals surface area contributed by atoms with Crippen molar-refractivity contribution in [2.75, 3.05) is 4.90 Å². The average molecular weight is 334 g/mol. The summed E-state index contributed by atoms with van der Waals surface area (Å²) in [6.07, 6.45) is 4.52. The first-order chi connectivity index (χ1) is 11.1. The summed E-state index contributed by atoms with van der Waals surface area (Å²) in [7, 11) is 0. The Bertz CT molecular complexity index is 757. The summed E-state index contributed by atoms with van der Waals surface area (Å²) in [5.74, 6) is 0.836. The van der Waals surface area contributed by atoms with Gasteiger partial charge in [-0.1, -0.05) is 11.6 Å². The molecular weight excluding hydrogens is 318 g/mol. The van der Waals surface area contributed by atoms with Crippen LogP contribution in [0.1, 0.15) is 25.7 Å². The summed E-state index contributed by atoms with van der Waals surface area (Å²) in [6, 6.07) is 4.16. The Labute approximate surface area is 137 Å². The van der Waals surface area contributed by atoms with E-state index >= 15 is 0 Å². The zero-order valence-electron chi connectivity index (χ0n) is 12.3. The summed E-state index contributed by atoms with van der Waals surface area (Å²) in [5, 5.41) is 11.9. The number of pyridine rings is 1. The van der Waals surface area contributed by atoms with E-state index in [0.717, 1.165) is 37.0 Å². The Kier molecular flexibility index (Phi) is 3.45. The predicted octanol–water partition coefficient (Wildman–Crippen LogP) is 2.45. The van der Waals surface area contributed by atoms with Crippen molar-refractivity contribution in [3.63, 3.8) is 0 Å². The molecule has 2 aliphatic rings. The van der Waals surface area contributed by atoms with Gasteiger partial charge in [0.2, 0.25) is 0 Å². The highest BCUT2D eigenvalue weighted by Gasteiger charge is 2.42. The maximum absolute atomic E-state index is 10.9. The van der Waals surface area contributed by atoms with Crippen LogP contribution in [-0.4, -0.2) is 44.3 Å². The normalized spacial score (nSPS) is 26.5. The minimum atomic E-state index is -0.948. The lowest BCUT2D eigenvalue weighted by Crippen LogP contribution is -2.50. The van der Waals surface area contributed by atoms with E-state index in [-0.39, 0.29) is 6.04 Å². The van der Waals surface area contributed by atoms with Gasteiger partial charge in [-0.15, -0.1) is 0 Å². The molecule has 7 nitrogen and oxygen atoms in total. The van der Waals surface area contributed by atoms with Gasteiger partial charge in [0.15, 0.2) is 5.65 Å². The lowest BCUT2D eigenvalue weighted by atomic mass is 9.97. The van der Waals surface area contributed by atoms with Gasteiger partial charge in [-0.25, -0.2) is 19.7 Å². The molecule has 2 saturated heterocycles. The minimum absolute atomic E-state index is 0.0233. The highest BCUT2D eigenvalue weighted by molar-refractivity contribution is 6.29. The molecule has 2 N–H and O–H groups in total. The first kappa shape index (κ1) is 14.4. The van der Waals surface area contributed by atoms with Gasteiger partial charge in [0, 0.05) is 18.1 Å². The molecule has 0 spiro atoms. The van der Waals surface area contributed by atoms with Crippen LogP contribution >= 0.6 is 11.6 Å². The third-order valence-corrected chi connectivity index (χ3v) is 4.89. The molecule has 23 heavy (non-hydrogen) atoms. The van der Waals surface area contributed by atoms with Gasteiger partial charge >= 0.3 is 6.09 Å². The molecule has 2 aromatic rings. The number of aromatic nitrogens is 3. The van der Waals surface area contributed by atoms with Crippen LogP contribution in [0.25, 0.3) is 11.2 Å². The maximum atomic E-state index is 10.9. The van der Waals surface area contributed by atoms with Crippen LogP contribution in [0.4, 0.5) is 10.6 Å². The van der Waals surface area contributed by atoms with Crippen molar-refractivity contribution in [1.82, 2.24) is 20.3 Å². The molecule has 0 aliphatic carbocycles. The fourth-order valence-electron chi connectivity index (χ4n) is 3.84. The predicted molar refractivity (Wildman–Crippen MR) is 85.8 cm³/mol. The summed E-state index contributed by atoms with van der Waals surface area (Å²) >= 11 is 5.88. The van der Waals surface area contributed by atoms with Crippen LogP contribution < -0.4 is 10.2 Å². The Balaban J connectivity index is 1.61. The highest BCUT2D eigenvalue weighted by Crippen LogP contribution is 2.38. The second-order valence-electron chi connectivity index (χ2n) is 6.11. The van der Waals surface area contributed by atoms with Crippen LogP contribution in [-0.2, 0) is 0 Å². The number of hydrogen-bond donors (Lipinski definition) is 2. The van der Waals surface area contributed by atoms with Crippen molar-refractivity contribution in [1.29, 1.82) is 0 Å². The van der Waals surface area contributed by atoms with Crippen molar-refractivity contribution in [3.8, 4) is 0 Å². The second-order valence-corrected chi connectivity index (χ2v) is 6.50. The Hall–Kier alpha value is -2.15. The molecular formula is C15H16ClN5O2. The van der Waals surface area contributed by atoms with Crippen LogP contribution in [0.2, 0.25) is 5.15 Å². The van der Waals surface area contributed by atoms with Gasteiger partial charge in [0.25, 0.3) is 0 Å². The molecule has 0 radical (unpaired) electrons. The van der Waals surface area contributed by atoms with Crippen LogP contribution in [0.3, 0.4) is 0 Å². The van der Waals surface area contributed by atoms with Gasteiger partial charge in [0.05, 0.1) is 6.20 Å². The van der Waals surface area contributed by atoms with Crippen LogP contribution in [0.5, 0.6) is 0 Å². The fraction of sp³-hybridized carbons (Fsp3) is 0.467. The number of anilines is 1. The summed E-state index contributed by atoms with van der Waals surface area (Å²) in [5.41, 5.74) is 1.26. The molecule has 0 saturated carbocycles. The quantitative estimate of drug-likeness (QED) is 0.820. The van der Waals surface area contributed by atoms with E-state index in [4.69, 9.17) is 16.7 Å². The average Bonchev–Trinajstić information content (AvgIpc) is 2.77. The van der Waals surface area contributed by atoms with Gasteiger partial charge < -0.3 is 15.3 Å². The number of nitrogens with one attached hydrogen (secondary N) is 1. The van der Waals surface area contributed by atoms with E-state index in [1.807, 2.05) is 6.07 Å². The number of fused-ring (bicyclic) bond motifs is 3. The molecule has 8 heteroatoms. The van der Waals surface area contributed by atoms with Crippen LogP contribution in [0.15, 0.2) is 18.3 Å². The molecule has 3 atom stereocenters. The largest absolute Gasteiger partial charge is 0.465 e. The number of halogens is 1. The SMILES string of the molecule is O=C(O)N[C@@H]1C[C@H]2CC[C@@H](C1)N2c1cnc2nc(Cl)ccc2n1. The van der Waals surface area contributed by atoms with E-state index in [2.05, 4.69) is 25.2 Å². The number of carboxylic acid groups (broad SMARTS) is 1. The fourth-order valence-corrected chi connectivity index (χ4v) is 3.98. The molecule has 2 bridgehead atoms. The number of nitrogens with zero attached hydrogens (tertiary/aromatic N) is 4. The summed E-state index contributed by atoms with van der Waals surface area (Å²) < 4.78 is 0. The highest BCUT2D eigenvalue weighted by atomic mass is 35.5. The number of hydrogen-bond acceptors (Lipinski definition) is 5. The summed E-state index contributed by atoms with van der Waals surface area (Å²) in [6.45, 7) is 0. The Morgan fingerprint density at radius 3 is 2.70 bits per heavy atom. The lowest BCUT2D eigenvalue weighted by molar-refractivity contribution is 0.185. The van der Waals surface area contributed by atoms with Gasteiger partial charge in [0.1, 0.15) is 16.5 Å². The third-order valence-electron chi connectivity index (χ3n) is 4.68. The van der Waals surface area contributed by atoms with E-state index in [1.165, 1.54) is 0 Å². The van der Waals surface area contributed by atoms with Crippen molar-refractivity contribution < 1.29 is 9.90 Å². The van der Waals surface area contributed by atoms with Gasteiger partial charge in [-0.2, -0.15) is 0 Å². The molecule has 2 fully saturated rings. The van der Waals surface area contributed by atoms with E-state index in [1.54, 1.807) is 12.3 Å². The molecule has 4 heterocycles. The summed E-state index contributed by atoms with van der Waals surface area (Å²) in [4.78, 5) is 26.4. The first-order valence-corrected chi connectivity index (χ1v) is 8.05. The number of amides is 1. The van der Waals surface area contributed by atoms with Crippen molar-refractivity contribution >= 4 is 34.7 Å². The number of rotatable bonds is 2. The molecule has 1 amide bonds. The van der Waals surface area contributed by atoms with E-state index in [9.17, 15) is 4.79 Å². The topological polar surface area (TPSA) is 91.2 Å². The van der Waals surface area contributed by atoms with Crippen molar-refractivity contribution in [3.05, 3.63) is 23.5 Å². The first-order valence-electron chi connectivity index (χ1n) is 7.67. The zero-order valence-corrected chi connectivity index (χ0v) is 13.1. The Morgan fingerprint density at radius 1 is 1.26 bits per heavy atom. The van der Waals surface area contributed by atoms with Crippen molar-refractivity contribution in [2.45, 2.75) is 43.8 Å². The van der Waals surface area contributed by atoms with Crippen LogP contribution in [0, 0.1) is 0 Å².